The Balaban J connectivity index is 2.20. The van der Waals surface area contributed by atoms with Crippen molar-refractivity contribution in [3.63, 3.8) is 0 Å². The van der Waals surface area contributed by atoms with Crippen molar-refractivity contribution < 1.29 is 17.9 Å². The van der Waals surface area contributed by atoms with Gasteiger partial charge in [-0.1, -0.05) is 35.9 Å². The number of allylic oxidation sites excluding steroid dienone is 2. The molecule has 2 N–H and O–H groups in total. The first-order valence-electron chi connectivity index (χ1n) is 8.80. The summed E-state index contributed by atoms with van der Waals surface area (Å²) < 4.78 is 30.0. The Morgan fingerprint density at radius 2 is 2.03 bits per heavy atom. The Morgan fingerprint density at radius 3 is 2.62 bits per heavy atom. The Kier molecular flexibility index (Phi) is 5.93. The Labute approximate surface area is 175 Å². The number of hydrogen-bond acceptors (Lipinski definition) is 5. The molecule has 1 unspecified atom stereocenters. The van der Waals surface area contributed by atoms with Crippen LogP contribution < -0.4 is 5.73 Å². The summed E-state index contributed by atoms with van der Waals surface area (Å²) in [6.45, 7) is 0. The van der Waals surface area contributed by atoms with E-state index in [-0.39, 0.29) is 12.2 Å². The van der Waals surface area contributed by atoms with E-state index in [4.69, 9.17) is 22.1 Å². The van der Waals surface area contributed by atoms with Crippen molar-refractivity contribution in [1.82, 2.24) is 4.98 Å². The molecular weight excluding hydrogens is 412 g/mol. The molecule has 1 atom stereocenters. The van der Waals surface area contributed by atoms with Crippen molar-refractivity contribution in [1.29, 1.82) is 0 Å². The fraction of sp³-hybridized carbons (Fsp3) is 0.238. The van der Waals surface area contributed by atoms with Crippen molar-refractivity contribution in [3.8, 4) is 11.3 Å². The molecule has 1 aliphatic rings. The molecule has 3 rings (SSSR count). The molecular formula is C21H21ClN2O4S. The van der Waals surface area contributed by atoms with Gasteiger partial charge in [0.25, 0.3) is 0 Å². The summed E-state index contributed by atoms with van der Waals surface area (Å²) in [7, 11) is -1.87. The average molecular weight is 433 g/mol. The molecule has 0 saturated carbocycles. The van der Waals surface area contributed by atoms with E-state index in [0.717, 1.165) is 6.26 Å². The average Bonchev–Trinajstić information content (AvgIpc) is 2.68. The number of carbonyl (C=O) groups excluding carboxylic acids is 1. The molecule has 2 aromatic rings. The summed E-state index contributed by atoms with van der Waals surface area (Å²) in [6.07, 6.45) is 6.08. The van der Waals surface area contributed by atoms with E-state index in [9.17, 15) is 13.2 Å². The second-order valence-electron chi connectivity index (χ2n) is 6.94. The van der Waals surface area contributed by atoms with E-state index in [2.05, 4.69) is 4.98 Å². The van der Waals surface area contributed by atoms with Gasteiger partial charge in [-0.3, -0.25) is 9.78 Å². The van der Waals surface area contributed by atoms with Gasteiger partial charge in [-0.2, -0.15) is 0 Å². The maximum absolute atomic E-state index is 12.1. The summed E-state index contributed by atoms with van der Waals surface area (Å²) >= 11 is 6.40. The maximum Gasteiger partial charge on any atom is 0.244 e. The number of nitrogens with zero attached hydrogens (tertiary/aromatic N) is 1. The number of benzene rings is 1. The van der Waals surface area contributed by atoms with E-state index in [1.807, 2.05) is 18.2 Å². The molecule has 0 fully saturated rings. The molecule has 1 aromatic carbocycles. The minimum Gasteiger partial charge on any atom is -0.369 e. The highest BCUT2D eigenvalue weighted by Gasteiger charge is 2.41. The van der Waals surface area contributed by atoms with Crippen LogP contribution in [0.25, 0.3) is 11.3 Å². The molecule has 8 heteroatoms. The van der Waals surface area contributed by atoms with Crippen molar-refractivity contribution in [3.05, 3.63) is 76.5 Å². The summed E-state index contributed by atoms with van der Waals surface area (Å²) in [4.78, 5) is 16.2. The zero-order chi connectivity index (χ0) is 21.2. The number of nitrogens with two attached hydrogens (primary N) is 1. The minimum atomic E-state index is -3.35. The molecule has 6 nitrogen and oxygen atoms in total. The standard InChI is InChI=1S/C21H21ClN2O4S/c1-28-21(12-14(20(23)25)6-7-16(21)13-29(2,26)27)15-8-9-18(22)17(11-15)19-5-3-4-10-24-19/h3-11H,12-13H2,1-2H3,(H2,23,25). The van der Waals surface area contributed by atoms with Gasteiger partial charge >= 0.3 is 0 Å². The van der Waals surface area contributed by atoms with E-state index >= 15 is 0 Å². The molecule has 1 aliphatic carbocycles. The normalized spacial score (nSPS) is 19.4. The van der Waals surface area contributed by atoms with Gasteiger partial charge in [-0.05, 0) is 35.4 Å². The predicted octanol–water partition coefficient (Wildman–Crippen LogP) is 3.03. The molecule has 29 heavy (non-hydrogen) atoms. The summed E-state index contributed by atoms with van der Waals surface area (Å²) in [5, 5.41) is 0.494. The van der Waals surface area contributed by atoms with Crippen LogP contribution in [0.3, 0.4) is 0 Å². The lowest BCUT2D eigenvalue weighted by molar-refractivity contribution is -0.115. The highest BCUT2D eigenvalue weighted by molar-refractivity contribution is 7.90. The van der Waals surface area contributed by atoms with E-state index in [1.54, 1.807) is 36.5 Å². The number of methoxy groups -OCH3 is 1. The highest BCUT2D eigenvalue weighted by atomic mass is 35.5. The molecule has 1 aromatic heterocycles. The van der Waals surface area contributed by atoms with Crippen LogP contribution in [0.5, 0.6) is 0 Å². The summed E-state index contributed by atoms with van der Waals surface area (Å²) in [5.74, 6) is -0.801. The van der Waals surface area contributed by atoms with E-state index in [0.29, 0.717) is 33.0 Å². The van der Waals surface area contributed by atoms with Gasteiger partial charge < -0.3 is 10.5 Å². The van der Waals surface area contributed by atoms with Gasteiger partial charge in [0, 0.05) is 42.1 Å². The van der Waals surface area contributed by atoms with Gasteiger partial charge in [0.1, 0.15) is 5.60 Å². The van der Waals surface area contributed by atoms with Gasteiger partial charge in [-0.15, -0.1) is 0 Å². The summed E-state index contributed by atoms with van der Waals surface area (Å²) in [5.41, 5.74) is 7.19. The second kappa shape index (κ2) is 8.10. The molecule has 1 amide bonds. The number of primary amides is 1. The first-order chi connectivity index (χ1) is 13.7. The zero-order valence-electron chi connectivity index (χ0n) is 16.1. The number of amides is 1. The predicted molar refractivity (Wildman–Crippen MR) is 113 cm³/mol. The smallest absolute Gasteiger partial charge is 0.244 e. The van der Waals surface area contributed by atoms with Crippen LogP contribution in [0, 0.1) is 0 Å². The van der Waals surface area contributed by atoms with Crippen molar-refractivity contribution in [2.45, 2.75) is 12.0 Å². The number of aromatic nitrogens is 1. The maximum atomic E-state index is 12.1. The molecule has 0 spiro atoms. The number of rotatable bonds is 6. The number of pyridine rings is 1. The number of halogens is 1. The minimum absolute atomic E-state index is 0.115. The fourth-order valence-electron chi connectivity index (χ4n) is 3.50. The van der Waals surface area contributed by atoms with E-state index < -0.39 is 21.3 Å². The topological polar surface area (TPSA) is 99.3 Å². The first kappa shape index (κ1) is 21.2. The van der Waals surface area contributed by atoms with Crippen molar-refractivity contribution in [2.75, 3.05) is 19.1 Å². The van der Waals surface area contributed by atoms with Crippen LogP contribution in [0.4, 0.5) is 0 Å². The number of carbonyl (C=O) groups is 1. The third-order valence-corrected chi connectivity index (χ3v) is 6.06. The SMILES string of the molecule is COC1(c2ccc(Cl)c(-c3ccccn3)c2)CC(C(N)=O)=CC=C1CS(C)(=O)=O. The van der Waals surface area contributed by atoms with Crippen LogP contribution in [-0.2, 0) is 25.0 Å². The summed E-state index contributed by atoms with van der Waals surface area (Å²) in [6, 6.07) is 10.8. The van der Waals surface area contributed by atoms with Crippen molar-refractivity contribution >= 4 is 27.3 Å². The monoisotopic (exact) mass is 432 g/mol. The van der Waals surface area contributed by atoms with Gasteiger partial charge in [0.2, 0.25) is 5.91 Å². The third-order valence-electron chi connectivity index (χ3n) is 4.90. The lowest BCUT2D eigenvalue weighted by atomic mass is 9.77. The number of hydrogen-bond donors (Lipinski definition) is 1. The highest BCUT2D eigenvalue weighted by Crippen LogP contribution is 2.44. The van der Waals surface area contributed by atoms with Crippen LogP contribution in [0.2, 0.25) is 5.02 Å². The van der Waals surface area contributed by atoms with Gasteiger partial charge in [0.05, 0.1) is 11.4 Å². The fourth-order valence-corrected chi connectivity index (χ4v) is 4.60. The van der Waals surface area contributed by atoms with Crippen LogP contribution >= 0.6 is 11.6 Å². The first-order valence-corrected chi connectivity index (χ1v) is 11.2. The van der Waals surface area contributed by atoms with Gasteiger partial charge in [0.15, 0.2) is 9.84 Å². The van der Waals surface area contributed by atoms with Crippen molar-refractivity contribution in [2.24, 2.45) is 5.73 Å². The molecule has 1 heterocycles. The Hall–Kier alpha value is -2.48. The Morgan fingerprint density at radius 1 is 1.28 bits per heavy atom. The van der Waals surface area contributed by atoms with E-state index in [1.165, 1.54) is 7.11 Å². The second-order valence-corrected chi connectivity index (χ2v) is 9.48. The molecule has 0 aliphatic heterocycles. The zero-order valence-corrected chi connectivity index (χ0v) is 17.6. The van der Waals surface area contributed by atoms with Crippen LogP contribution in [0.1, 0.15) is 12.0 Å². The van der Waals surface area contributed by atoms with Crippen LogP contribution in [-0.4, -0.2) is 38.4 Å². The lowest BCUT2D eigenvalue weighted by Crippen LogP contribution is -2.38. The third kappa shape index (κ3) is 4.42. The number of sulfone groups is 1. The van der Waals surface area contributed by atoms with Gasteiger partial charge in [-0.25, -0.2) is 8.42 Å². The Bertz CT molecular complexity index is 1110. The molecule has 0 saturated heterocycles. The molecule has 0 radical (unpaired) electrons. The molecule has 0 bridgehead atoms. The quantitative estimate of drug-likeness (QED) is 0.756. The lowest BCUT2D eigenvalue weighted by Gasteiger charge is -2.38. The van der Waals surface area contributed by atoms with Crippen LogP contribution in [0.15, 0.2) is 65.9 Å². The largest absolute Gasteiger partial charge is 0.369 e. The number of ether oxygens (including phenoxy) is 1. The molecule has 152 valence electrons.